The van der Waals surface area contributed by atoms with Gasteiger partial charge in [-0.15, -0.1) is 11.3 Å². The fourth-order valence-electron chi connectivity index (χ4n) is 2.14. The Bertz CT molecular complexity index is 871. The number of nitrogens with zero attached hydrogens (tertiary/aromatic N) is 3. The van der Waals surface area contributed by atoms with Crippen LogP contribution in [0.15, 0.2) is 34.9 Å². The second kappa shape index (κ2) is 6.62. The lowest BCUT2D eigenvalue weighted by Gasteiger charge is -2.10. The van der Waals surface area contributed by atoms with Crippen LogP contribution < -0.4 is 10.0 Å². The van der Waals surface area contributed by atoms with Crippen molar-refractivity contribution in [3.8, 4) is 22.1 Å². The third kappa shape index (κ3) is 3.42. The van der Waals surface area contributed by atoms with E-state index in [0.717, 1.165) is 5.82 Å². The molecule has 3 aromatic rings. The number of hydrogen-bond donors (Lipinski definition) is 0. The number of pyridine rings is 1. The molecule has 24 heavy (non-hydrogen) atoms. The van der Waals surface area contributed by atoms with Crippen molar-refractivity contribution in [2.24, 2.45) is 0 Å². The molecule has 0 radical (unpaired) electrons. The van der Waals surface area contributed by atoms with Crippen LogP contribution in [0.25, 0.3) is 22.1 Å². The molecule has 0 saturated heterocycles. The summed E-state index contributed by atoms with van der Waals surface area (Å²) >= 11 is 7.25. The van der Waals surface area contributed by atoms with Crippen molar-refractivity contribution >= 4 is 34.7 Å². The van der Waals surface area contributed by atoms with Crippen LogP contribution in [0.3, 0.4) is 0 Å². The summed E-state index contributed by atoms with van der Waals surface area (Å²) in [5, 5.41) is 11.0. The minimum atomic E-state index is -1.22. The van der Waals surface area contributed by atoms with E-state index in [2.05, 4.69) is 9.97 Å². The van der Waals surface area contributed by atoms with Gasteiger partial charge in [0.2, 0.25) is 5.89 Å². The van der Waals surface area contributed by atoms with E-state index >= 15 is 0 Å². The first-order valence-corrected chi connectivity index (χ1v) is 8.22. The second-order valence-electron chi connectivity index (χ2n) is 5.25. The molecule has 0 amide bonds. The lowest BCUT2D eigenvalue weighted by atomic mass is 10.2. The number of aliphatic carboxylic acids is 1. The Morgan fingerprint density at radius 2 is 2.12 bits per heavy atom. The van der Waals surface area contributed by atoms with Crippen molar-refractivity contribution in [2.45, 2.75) is 6.42 Å². The molecular formula is C16H13ClN3O3S-. The summed E-state index contributed by atoms with van der Waals surface area (Å²) in [6.45, 7) is 0. The van der Waals surface area contributed by atoms with Crippen molar-refractivity contribution in [1.29, 1.82) is 0 Å². The zero-order valence-corrected chi connectivity index (χ0v) is 14.5. The molecule has 0 unspecified atom stereocenters. The maximum atomic E-state index is 11.0. The van der Waals surface area contributed by atoms with Gasteiger partial charge in [-0.1, -0.05) is 11.6 Å². The first-order valence-electron chi connectivity index (χ1n) is 7.03. The second-order valence-corrected chi connectivity index (χ2v) is 6.96. The summed E-state index contributed by atoms with van der Waals surface area (Å²) in [7, 11) is 3.79. The number of carboxylic acids is 1. The van der Waals surface area contributed by atoms with Crippen molar-refractivity contribution < 1.29 is 14.3 Å². The average Bonchev–Trinajstić information content (AvgIpc) is 3.13. The number of halogens is 1. The van der Waals surface area contributed by atoms with Crippen molar-refractivity contribution in [1.82, 2.24) is 9.97 Å². The number of hydrogen-bond acceptors (Lipinski definition) is 7. The fourth-order valence-corrected chi connectivity index (χ4v) is 3.18. The van der Waals surface area contributed by atoms with E-state index in [9.17, 15) is 9.90 Å². The molecule has 0 atom stereocenters. The summed E-state index contributed by atoms with van der Waals surface area (Å²) in [4.78, 5) is 22.2. The van der Waals surface area contributed by atoms with E-state index in [-0.39, 0.29) is 6.42 Å². The van der Waals surface area contributed by atoms with E-state index in [1.165, 1.54) is 11.3 Å². The first kappa shape index (κ1) is 16.5. The molecule has 0 bridgehead atoms. The standard InChI is InChI=1S/C16H14ClN3O3S/c1-20(2)13-6-3-9(8-18-13)16-19-10(7-14(21)22)15(23-16)11-4-5-12(17)24-11/h3-6,8H,7H2,1-2H3,(H,21,22)/p-1. The fraction of sp³-hybridized carbons (Fsp3) is 0.188. The maximum absolute atomic E-state index is 11.0. The molecular weight excluding hydrogens is 350 g/mol. The molecule has 3 aromatic heterocycles. The Labute approximate surface area is 147 Å². The summed E-state index contributed by atoms with van der Waals surface area (Å²) in [6, 6.07) is 7.14. The van der Waals surface area contributed by atoms with Gasteiger partial charge in [0, 0.05) is 32.7 Å². The SMILES string of the molecule is CN(C)c1ccc(-c2nc(CC(=O)[O-])c(-c3ccc(Cl)s3)o2)cn1. The van der Waals surface area contributed by atoms with Crippen LogP contribution >= 0.6 is 22.9 Å². The van der Waals surface area contributed by atoms with Crippen LogP contribution in [0, 0.1) is 0 Å². The number of carbonyl (C=O) groups excluding carboxylic acids is 1. The molecule has 0 aliphatic carbocycles. The summed E-state index contributed by atoms with van der Waals surface area (Å²) in [5.74, 6) is 0.275. The predicted molar refractivity (Wildman–Crippen MR) is 91.1 cm³/mol. The Morgan fingerprint density at radius 3 is 2.67 bits per heavy atom. The molecule has 0 spiro atoms. The van der Waals surface area contributed by atoms with Crippen molar-refractivity contribution in [2.75, 3.05) is 19.0 Å². The van der Waals surface area contributed by atoms with Gasteiger partial charge in [-0.2, -0.15) is 0 Å². The summed E-state index contributed by atoms with van der Waals surface area (Å²) in [6.07, 6.45) is 1.30. The Kier molecular flexibility index (Phi) is 4.55. The van der Waals surface area contributed by atoms with Gasteiger partial charge >= 0.3 is 0 Å². The van der Waals surface area contributed by atoms with Gasteiger partial charge in [-0.3, -0.25) is 0 Å². The minimum Gasteiger partial charge on any atom is -0.550 e. The Balaban J connectivity index is 2.02. The lowest BCUT2D eigenvalue weighted by molar-refractivity contribution is -0.304. The van der Waals surface area contributed by atoms with Gasteiger partial charge in [-0.25, -0.2) is 9.97 Å². The topological polar surface area (TPSA) is 82.3 Å². The highest BCUT2D eigenvalue weighted by Crippen LogP contribution is 2.36. The highest BCUT2D eigenvalue weighted by atomic mass is 35.5. The van der Waals surface area contributed by atoms with Crippen molar-refractivity contribution in [3.05, 3.63) is 40.5 Å². The zero-order valence-electron chi connectivity index (χ0n) is 12.9. The van der Waals surface area contributed by atoms with Gasteiger partial charge in [0.25, 0.3) is 0 Å². The number of carbonyl (C=O) groups is 1. The quantitative estimate of drug-likeness (QED) is 0.693. The van der Waals surface area contributed by atoms with E-state index < -0.39 is 5.97 Å². The first-order chi connectivity index (χ1) is 11.4. The number of anilines is 1. The van der Waals surface area contributed by atoms with E-state index in [0.29, 0.717) is 32.1 Å². The number of oxazole rings is 1. The molecule has 3 heterocycles. The highest BCUT2D eigenvalue weighted by Gasteiger charge is 2.18. The number of thiophene rings is 1. The molecule has 3 rings (SSSR count). The van der Waals surface area contributed by atoms with Crippen LogP contribution in [-0.2, 0) is 11.2 Å². The zero-order chi connectivity index (χ0) is 17.3. The normalized spacial score (nSPS) is 10.8. The van der Waals surface area contributed by atoms with E-state index in [4.69, 9.17) is 16.0 Å². The molecule has 0 aliphatic rings. The third-order valence-corrected chi connectivity index (χ3v) is 4.49. The monoisotopic (exact) mass is 362 g/mol. The molecule has 0 fully saturated rings. The van der Waals surface area contributed by atoms with Crippen molar-refractivity contribution in [3.63, 3.8) is 0 Å². The predicted octanol–water partition coefficient (Wildman–Crippen LogP) is 2.48. The molecule has 0 aliphatic heterocycles. The molecule has 0 saturated carbocycles. The largest absolute Gasteiger partial charge is 0.550 e. The van der Waals surface area contributed by atoms with E-state index in [1.807, 2.05) is 31.1 Å². The molecule has 6 nitrogen and oxygen atoms in total. The van der Waals surface area contributed by atoms with Crippen LogP contribution in [0.5, 0.6) is 0 Å². The smallest absolute Gasteiger partial charge is 0.228 e. The number of rotatable bonds is 5. The summed E-state index contributed by atoms with van der Waals surface area (Å²) < 4.78 is 6.38. The molecule has 124 valence electrons. The van der Waals surface area contributed by atoms with Crippen LogP contribution in [0.4, 0.5) is 5.82 Å². The van der Waals surface area contributed by atoms with E-state index in [1.54, 1.807) is 18.3 Å². The molecule has 0 aromatic carbocycles. The molecule has 8 heteroatoms. The van der Waals surface area contributed by atoms with Gasteiger partial charge in [-0.05, 0) is 24.3 Å². The number of carboxylic acid groups (broad SMARTS) is 1. The molecule has 0 N–H and O–H groups in total. The van der Waals surface area contributed by atoms with Gasteiger partial charge in [0.15, 0.2) is 5.76 Å². The van der Waals surface area contributed by atoms with Gasteiger partial charge in [0.1, 0.15) is 5.82 Å². The maximum Gasteiger partial charge on any atom is 0.228 e. The van der Waals surface area contributed by atoms with Crippen LogP contribution in [-0.4, -0.2) is 30.0 Å². The Hall–Kier alpha value is -2.38. The van der Waals surface area contributed by atoms with Gasteiger partial charge < -0.3 is 19.2 Å². The summed E-state index contributed by atoms with van der Waals surface area (Å²) in [5.41, 5.74) is 0.967. The Morgan fingerprint density at radius 1 is 1.33 bits per heavy atom. The lowest BCUT2D eigenvalue weighted by Crippen LogP contribution is -2.24. The third-order valence-electron chi connectivity index (χ3n) is 3.26. The van der Waals surface area contributed by atoms with Gasteiger partial charge in [0.05, 0.1) is 20.5 Å². The highest BCUT2D eigenvalue weighted by molar-refractivity contribution is 7.19. The average molecular weight is 363 g/mol. The van der Waals surface area contributed by atoms with Crippen LogP contribution in [0.2, 0.25) is 4.34 Å². The number of aromatic nitrogens is 2. The minimum absolute atomic E-state index is 0.306. The van der Waals surface area contributed by atoms with Crippen LogP contribution in [0.1, 0.15) is 5.69 Å².